The van der Waals surface area contributed by atoms with Crippen LogP contribution in [0.1, 0.15) is 31.9 Å². The van der Waals surface area contributed by atoms with Crippen LogP contribution in [-0.2, 0) is 16.0 Å². The van der Waals surface area contributed by atoms with E-state index < -0.39 is 5.97 Å². The molecule has 0 heterocycles. The van der Waals surface area contributed by atoms with Crippen molar-refractivity contribution in [2.45, 2.75) is 27.2 Å². The van der Waals surface area contributed by atoms with E-state index in [1.54, 1.807) is 6.92 Å². The van der Waals surface area contributed by atoms with Crippen LogP contribution in [0.15, 0.2) is 24.3 Å². The molecule has 0 aliphatic rings. The Morgan fingerprint density at radius 3 is 2.47 bits per heavy atom. The summed E-state index contributed by atoms with van der Waals surface area (Å²) in [6.07, 6.45) is 1.06. The van der Waals surface area contributed by atoms with Gasteiger partial charge in [-0.25, -0.2) is 4.79 Å². The minimum Gasteiger partial charge on any atom is -0.456 e. The first-order valence-corrected chi connectivity index (χ1v) is 5.89. The molecule has 0 spiro atoms. The highest BCUT2D eigenvalue weighted by atomic mass is 16.5. The van der Waals surface area contributed by atoms with Crippen molar-refractivity contribution in [2.24, 2.45) is 5.92 Å². The van der Waals surface area contributed by atoms with E-state index in [0.717, 1.165) is 12.0 Å². The Kier molecular flexibility index (Phi) is 5.29. The van der Waals surface area contributed by atoms with Gasteiger partial charge in [0.15, 0.2) is 0 Å². The Labute approximate surface area is 103 Å². The van der Waals surface area contributed by atoms with Crippen LogP contribution in [0.5, 0.6) is 0 Å². The molecule has 0 aliphatic carbocycles. The molecule has 0 fully saturated rings. The SMILES string of the molecule is CCOC(=O)C#Cc1ccc(CC(C)C)cc1. The smallest absolute Gasteiger partial charge is 0.384 e. The summed E-state index contributed by atoms with van der Waals surface area (Å²) in [5.41, 5.74) is 2.13. The van der Waals surface area contributed by atoms with E-state index in [-0.39, 0.29) is 0 Å². The van der Waals surface area contributed by atoms with Gasteiger partial charge in [0.05, 0.1) is 6.61 Å². The van der Waals surface area contributed by atoms with E-state index in [1.165, 1.54) is 5.56 Å². The summed E-state index contributed by atoms with van der Waals surface area (Å²) in [7, 11) is 0. The van der Waals surface area contributed by atoms with Crippen molar-refractivity contribution < 1.29 is 9.53 Å². The van der Waals surface area contributed by atoms with E-state index in [1.807, 2.05) is 12.1 Å². The van der Waals surface area contributed by atoms with E-state index in [9.17, 15) is 4.79 Å². The summed E-state index contributed by atoms with van der Waals surface area (Å²) >= 11 is 0. The molecular formula is C15H18O2. The van der Waals surface area contributed by atoms with Crippen LogP contribution in [-0.4, -0.2) is 12.6 Å². The molecule has 0 unspecified atom stereocenters. The van der Waals surface area contributed by atoms with Crippen LogP contribution in [0.4, 0.5) is 0 Å². The summed E-state index contributed by atoms with van der Waals surface area (Å²) in [6, 6.07) is 7.97. The van der Waals surface area contributed by atoms with Gasteiger partial charge in [-0.2, -0.15) is 0 Å². The third-order valence-corrected chi connectivity index (χ3v) is 2.18. The van der Waals surface area contributed by atoms with E-state index >= 15 is 0 Å². The summed E-state index contributed by atoms with van der Waals surface area (Å²) in [4.78, 5) is 11.0. The first-order valence-electron chi connectivity index (χ1n) is 5.89. The van der Waals surface area contributed by atoms with Crippen molar-refractivity contribution >= 4 is 5.97 Å². The van der Waals surface area contributed by atoms with Crippen LogP contribution in [0.3, 0.4) is 0 Å². The van der Waals surface area contributed by atoms with Crippen LogP contribution in [0.25, 0.3) is 0 Å². The number of esters is 1. The zero-order valence-electron chi connectivity index (χ0n) is 10.6. The summed E-state index contributed by atoms with van der Waals surface area (Å²) in [5, 5.41) is 0. The lowest BCUT2D eigenvalue weighted by Gasteiger charge is -2.03. The first kappa shape index (κ1) is 13.3. The molecule has 2 nitrogen and oxygen atoms in total. The van der Waals surface area contributed by atoms with Gasteiger partial charge in [-0.1, -0.05) is 31.9 Å². The number of hydrogen-bond acceptors (Lipinski definition) is 2. The van der Waals surface area contributed by atoms with Gasteiger partial charge in [-0.05, 0) is 37.0 Å². The predicted molar refractivity (Wildman–Crippen MR) is 68.5 cm³/mol. The molecule has 2 heteroatoms. The van der Waals surface area contributed by atoms with Gasteiger partial charge in [0, 0.05) is 11.5 Å². The molecule has 0 saturated heterocycles. The van der Waals surface area contributed by atoms with Crippen LogP contribution in [0, 0.1) is 17.8 Å². The first-order chi connectivity index (χ1) is 8.11. The second-order valence-electron chi connectivity index (χ2n) is 4.27. The van der Waals surface area contributed by atoms with Gasteiger partial charge in [0.1, 0.15) is 0 Å². The Bertz CT molecular complexity index is 418. The molecule has 0 atom stereocenters. The zero-order valence-corrected chi connectivity index (χ0v) is 10.6. The number of carbonyl (C=O) groups is 1. The van der Waals surface area contributed by atoms with Gasteiger partial charge in [0.25, 0.3) is 0 Å². The monoisotopic (exact) mass is 230 g/mol. The zero-order chi connectivity index (χ0) is 12.7. The highest BCUT2D eigenvalue weighted by Crippen LogP contribution is 2.09. The number of rotatable bonds is 3. The number of benzene rings is 1. The van der Waals surface area contributed by atoms with E-state index in [2.05, 4.69) is 37.8 Å². The fourth-order valence-electron chi connectivity index (χ4n) is 1.49. The summed E-state index contributed by atoms with van der Waals surface area (Å²) < 4.78 is 4.73. The standard InChI is InChI=1S/C15H18O2/c1-4-17-15(16)10-9-13-5-7-14(8-6-13)11-12(2)3/h5-8,12H,4,11H2,1-3H3. The van der Waals surface area contributed by atoms with Crippen molar-refractivity contribution in [1.82, 2.24) is 0 Å². The second kappa shape index (κ2) is 6.75. The maximum atomic E-state index is 11.0. The third kappa shape index (κ3) is 5.21. The van der Waals surface area contributed by atoms with Gasteiger partial charge in [0.2, 0.25) is 0 Å². The molecule has 0 radical (unpaired) electrons. The minimum absolute atomic E-state index is 0.362. The molecule has 1 aromatic rings. The maximum Gasteiger partial charge on any atom is 0.384 e. The Morgan fingerprint density at radius 1 is 1.29 bits per heavy atom. The molecule has 0 amide bonds. The molecule has 0 aliphatic heterocycles. The molecule has 17 heavy (non-hydrogen) atoms. The van der Waals surface area contributed by atoms with Crippen LogP contribution < -0.4 is 0 Å². The Hall–Kier alpha value is -1.75. The van der Waals surface area contributed by atoms with Gasteiger partial charge in [-0.15, -0.1) is 0 Å². The topological polar surface area (TPSA) is 26.3 Å². The number of carbonyl (C=O) groups excluding carboxylic acids is 1. The van der Waals surface area contributed by atoms with E-state index in [0.29, 0.717) is 12.5 Å². The Balaban J connectivity index is 2.65. The predicted octanol–water partition coefficient (Wildman–Crippen LogP) is 2.80. The Morgan fingerprint density at radius 2 is 1.94 bits per heavy atom. The molecule has 1 aromatic carbocycles. The average Bonchev–Trinajstić information content (AvgIpc) is 2.28. The highest BCUT2D eigenvalue weighted by Gasteiger charge is 1.97. The fourth-order valence-corrected chi connectivity index (χ4v) is 1.49. The second-order valence-corrected chi connectivity index (χ2v) is 4.27. The summed E-state index contributed by atoms with van der Waals surface area (Å²) in [6.45, 7) is 6.50. The van der Waals surface area contributed by atoms with Gasteiger partial charge >= 0.3 is 5.97 Å². The number of ether oxygens (including phenoxy) is 1. The van der Waals surface area contributed by atoms with Crippen LogP contribution in [0.2, 0.25) is 0 Å². The van der Waals surface area contributed by atoms with Crippen molar-refractivity contribution in [3.63, 3.8) is 0 Å². The molecule has 0 saturated carbocycles. The largest absolute Gasteiger partial charge is 0.456 e. The van der Waals surface area contributed by atoms with Crippen LogP contribution >= 0.6 is 0 Å². The fraction of sp³-hybridized carbons (Fsp3) is 0.400. The molecule has 90 valence electrons. The van der Waals surface area contributed by atoms with Gasteiger partial charge < -0.3 is 4.74 Å². The molecule has 0 N–H and O–H groups in total. The molecule has 0 aromatic heterocycles. The maximum absolute atomic E-state index is 11.0. The lowest BCUT2D eigenvalue weighted by Crippen LogP contribution is -1.99. The quantitative estimate of drug-likeness (QED) is 0.589. The third-order valence-electron chi connectivity index (χ3n) is 2.18. The lowest BCUT2D eigenvalue weighted by molar-refractivity contribution is -0.136. The highest BCUT2D eigenvalue weighted by molar-refractivity contribution is 5.89. The van der Waals surface area contributed by atoms with Crippen molar-refractivity contribution in [3.8, 4) is 11.8 Å². The molecular weight excluding hydrogens is 212 g/mol. The van der Waals surface area contributed by atoms with Crippen molar-refractivity contribution in [2.75, 3.05) is 6.61 Å². The lowest BCUT2D eigenvalue weighted by atomic mass is 10.0. The molecule has 0 bridgehead atoms. The molecule has 1 rings (SSSR count). The number of hydrogen-bond donors (Lipinski definition) is 0. The average molecular weight is 230 g/mol. The minimum atomic E-state index is -0.473. The van der Waals surface area contributed by atoms with Crippen molar-refractivity contribution in [1.29, 1.82) is 0 Å². The summed E-state index contributed by atoms with van der Waals surface area (Å²) in [5.74, 6) is 5.41. The van der Waals surface area contributed by atoms with Gasteiger partial charge in [-0.3, -0.25) is 0 Å². The normalized spacial score (nSPS) is 9.65. The van der Waals surface area contributed by atoms with Crippen molar-refractivity contribution in [3.05, 3.63) is 35.4 Å². The van der Waals surface area contributed by atoms with E-state index in [4.69, 9.17) is 4.74 Å².